The van der Waals surface area contributed by atoms with E-state index in [1.165, 1.54) is 0 Å². The molecule has 0 unspecified atom stereocenters. The Morgan fingerprint density at radius 3 is 2.47 bits per heavy atom. The average molecular weight is 207 g/mol. The Labute approximate surface area is 92.2 Å². The minimum absolute atomic E-state index is 0.619. The van der Waals surface area contributed by atoms with Crippen molar-refractivity contribution >= 4 is 0 Å². The molecule has 0 spiro atoms. The summed E-state index contributed by atoms with van der Waals surface area (Å²) in [5, 5.41) is 0. The normalized spacial score (nSPS) is 10.2. The fourth-order valence-corrected chi connectivity index (χ4v) is 1.22. The van der Waals surface area contributed by atoms with E-state index in [9.17, 15) is 0 Å². The van der Waals surface area contributed by atoms with Gasteiger partial charge in [0.05, 0.1) is 6.61 Å². The number of unbranched alkanes of at least 4 members (excludes halogenated alkanes) is 2. The van der Waals surface area contributed by atoms with Crippen LogP contribution in [0, 0.1) is 6.92 Å². The zero-order chi connectivity index (χ0) is 10.8. The van der Waals surface area contributed by atoms with Crippen LogP contribution in [0.5, 0.6) is 5.75 Å². The van der Waals surface area contributed by atoms with Gasteiger partial charge in [-0.2, -0.15) is 0 Å². The molecule has 0 N–H and O–H groups in total. The van der Waals surface area contributed by atoms with Crippen molar-refractivity contribution in [1.29, 1.82) is 0 Å². The molecule has 0 saturated carbocycles. The van der Waals surface area contributed by atoms with E-state index in [-0.39, 0.29) is 0 Å². The zero-order valence-electron chi connectivity index (χ0n) is 9.15. The smallest absolute Gasteiger partial charge is 0.119 e. The van der Waals surface area contributed by atoms with Crippen LogP contribution in [0.4, 0.5) is 0 Å². The molecule has 1 aromatic carbocycles. The maximum Gasteiger partial charge on any atom is 0.119 e. The predicted molar refractivity (Wildman–Crippen MR) is 62.0 cm³/mol. The van der Waals surface area contributed by atoms with Crippen LogP contribution in [0.3, 0.4) is 0 Å². The van der Waals surface area contributed by atoms with Crippen molar-refractivity contribution in [2.45, 2.75) is 19.3 Å². The molecule has 1 rings (SSSR count). The Balaban J connectivity index is 1.93. The van der Waals surface area contributed by atoms with Crippen molar-refractivity contribution in [3.05, 3.63) is 37.3 Å². The summed E-state index contributed by atoms with van der Waals surface area (Å²) in [6.07, 6.45) is 3.22. The highest BCUT2D eigenvalue weighted by Crippen LogP contribution is 2.07. The lowest BCUT2D eigenvalue weighted by Crippen LogP contribution is -2.07. The molecule has 0 aromatic heterocycles. The lowest BCUT2D eigenvalue weighted by Gasteiger charge is -2.06. The number of para-hydroxylation sites is 1. The highest BCUT2D eigenvalue weighted by Gasteiger charge is 1.92. The quantitative estimate of drug-likeness (QED) is 0.610. The van der Waals surface area contributed by atoms with Gasteiger partial charge >= 0.3 is 0 Å². The van der Waals surface area contributed by atoms with Gasteiger partial charge in [-0.05, 0) is 18.6 Å². The molecule has 2 heteroatoms. The topological polar surface area (TPSA) is 18.5 Å². The third kappa shape index (κ3) is 6.13. The summed E-state index contributed by atoms with van der Waals surface area (Å²) in [6.45, 7) is 5.87. The summed E-state index contributed by atoms with van der Waals surface area (Å²) in [5.41, 5.74) is 0. The van der Waals surface area contributed by atoms with Gasteiger partial charge in [0, 0.05) is 6.61 Å². The Hall–Kier alpha value is -1.02. The van der Waals surface area contributed by atoms with Crippen LogP contribution in [-0.2, 0) is 4.74 Å². The minimum atomic E-state index is 0.619. The highest BCUT2D eigenvalue weighted by molar-refractivity contribution is 5.20. The van der Waals surface area contributed by atoms with Crippen LogP contribution in [0.1, 0.15) is 19.3 Å². The lowest BCUT2D eigenvalue weighted by atomic mass is 10.3. The number of rotatable bonds is 8. The van der Waals surface area contributed by atoms with Gasteiger partial charge in [-0.3, -0.25) is 0 Å². The Kier molecular flexibility index (Phi) is 6.67. The number of hydrogen-bond acceptors (Lipinski definition) is 2. The Morgan fingerprint density at radius 2 is 1.73 bits per heavy atom. The standard InChI is InChI=1S/C13H19O2/c1-2-3-7-10-14-11-12-15-13-8-5-4-6-9-13/h4-6,8-9H,1-3,7,10-12H2. The van der Waals surface area contributed by atoms with Crippen LogP contribution in [0.2, 0.25) is 0 Å². The molecule has 15 heavy (non-hydrogen) atoms. The van der Waals surface area contributed by atoms with E-state index in [1.807, 2.05) is 30.3 Å². The van der Waals surface area contributed by atoms with Crippen molar-refractivity contribution in [3.8, 4) is 5.75 Å². The summed E-state index contributed by atoms with van der Waals surface area (Å²) in [7, 11) is 0. The summed E-state index contributed by atoms with van der Waals surface area (Å²) in [6, 6.07) is 9.79. The maximum atomic E-state index is 5.48. The third-order valence-corrected chi connectivity index (χ3v) is 2.03. The Morgan fingerprint density at radius 1 is 0.933 bits per heavy atom. The number of benzene rings is 1. The van der Waals surface area contributed by atoms with Crippen LogP contribution in [-0.4, -0.2) is 19.8 Å². The molecular weight excluding hydrogens is 188 g/mol. The molecule has 0 amide bonds. The van der Waals surface area contributed by atoms with Crippen LogP contribution >= 0.6 is 0 Å². The summed E-state index contributed by atoms with van der Waals surface area (Å²) >= 11 is 0. The molecular formula is C13H19O2. The van der Waals surface area contributed by atoms with Gasteiger partial charge in [0.2, 0.25) is 0 Å². The van der Waals surface area contributed by atoms with E-state index >= 15 is 0 Å². The second-order valence-electron chi connectivity index (χ2n) is 3.33. The van der Waals surface area contributed by atoms with Gasteiger partial charge in [-0.15, -0.1) is 0 Å². The first-order valence-electron chi connectivity index (χ1n) is 5.48. The molecule has 0 fully saturated rings. The summed E-state index contributed by atoms with van der Waals surface area (Å²) in [5.74, 6) is 0.902. The van der Waals surface area contributed by atoms with Crippen molar-refractivity contribution in [1.82, 2.24) is 0 Å². The monoisotopic (exact) mass is 207 g/mol. The van der Waals surface area contributed by atoms with Crippen LogP contribution in [0.15, 0.2) is 30.3 Å². The second kappa shape index (κ2) is 8.30. The molecule has 1 radical (unpaired) electrons. The molecule has 0 saturated heterocycles. The molecule has 1 aromatic rings. The zero-order valence-corrected chi connectivity index (χ0v) is 9.15. The molecule has 0 aliphatic carbocycles. The van der Waals surface area contributed by atoms with Gasteiger partial charge in [0.25, 0.3) is 0 Å². The first kappa shape index (κ1) is 12.1. The predicted octanol–water partition coefficient (Wildman–Crippen LogP) is 3.09. The van der Waals surface area contributed by atoms with E-state index in [1.54, 1.807) is 0 Å². The highest BCUT2D eigenvalue weighted by atomic mass is 16.5. The van der Waals surface area contributed by atoms with E-state index in [0.29, 0.717) is 13.2 Å². The van der Waals surface area contributed by atoms with Crippen molar-refractivity contribution < 1.29 is 9.47 Å². The molecule has 0 atom stereocenters. The largest absolute Gasteiger partial charge is 0.491 e. The van der Waals surface area contributed by atoms with Crippen LogP contribution < -0.4 is 4.74 Å². The van der Waals surface area contributed by atoms with Gasteiger partial charge in [0.15, 0.2) is 0 Å². The lowest BCUT2D eigenvalue weighted by molar-refractivity contribution is 0.0975. The number of hydrogen-bond donors (Lipinski definition) is 0. The second-order valence-corrected chi connectivity index (χ2v) is 3.33. The van der Waals surface area contributed by atoms with E-state index in [4.69, 9.17) is 9.47 Å². The number of ether oxygens (including phenoxy) is 2. The van der Waals surface area contributed by atoms with Gasteiger partial charge in [-0.25, -0.2) is 0 Å². The van der Waals surface area contributed by atoms with Crippen LogP contribution in [0.25, 0.3) is 0 Å². The first-order chi connectivity index (χ1) is 7.43. The Bertz CT molecular complexity index is 234. The van der Waals surface area contributed by atoms with Gasteiger partial charge in [0.1, 0.15) is 12.4 Å². The van der Waals surface area contributed by atoms with Gasteiger partial charge in [-0.1, -0.05) is 38.0 Å². The fraction of sp³-hybridized carbons (Fsp3) is 0.462. The van der Waals surface area contributed by atoms with Gasteiger partial charge < -0.3 is 9.47 Å². The summed E-state index contributed by atoms with van der Waals surface area (Å²) < 4.78 is 10.9. The van der Waals surface area contributed by atoms with Crippen molar-refractivity contribution in [2.75, 3.05) is 19.8 Å². The van der Waals surface area contributed by atoms with Crippen molar-refractivity contribution in [3.63, 3.8) is 0 Å². The summed E-state index contributed by atoms with van der Waals surface area (Å²) in [4.78, 5) is 0. The fourth-order valence-electron chi connectivity index (χ4n) is 1.22. The molecule has 0 heterocycles. The SMILES string of the molecule is [CH2]CCCCOCCOc1ccccc1. The molecule has 0 bridgehead atoms. The average Bonchev–Trinajstić information content (AvgIpc) is 2.29. The molecule has 0 aliphatic rings. The molecule has 0 aliphatic heterocycles. The van der Waals surface area contributed by atoms with E-state index in [0.717, 1.165) is 31.6 Å². The van der Waals surface area contributed by atoms with E-state index in [2.05, 4.69) is 6.92 Å². The third-order valence-electron chi connectivity index (χ3n) is 2.03. The first-order valence-corrected chi connectivity index (χ1v) is 5.48. The minimum Gasteiger partial charge on any atom is -0.491 e. The molecule has 83 valence electrons. The molecule has 2 nitrogen and oxygen atoms in total. The maximum absolute atomic E-state index is 5.48. The van der Waals surface area contributed by atoms with Crippen molar-refractivity contribution in [2.24, 2.45) is 0 Å². The van der Waals surface area contributed by atoms with E-state index < -0.39 is 0 Å².